The molecule has 0 saturated carbocycles. The molecule has 140 valence electrons. The minimum Gasteiger partial charge on any atom is -0.464 e. The van der Waals surface area contributed by atoms with Crippen LogP contribution < -0.4 is 4.90 Å². The van der Waals surface area contributed by atoms with E-state index in [0.29, 0.717) is 31.9 Å². The molecule has 3 heterocycles. The molecular formula is C18H20F3N3O2. The van der Waals surface area contributed by atoms with Gasteiger partial charge in [0.05, 0.1) is 18.0 Å². The Bertz CT molecular complexity index is 771. The normalized spacial score (nSPS) is 17.6. The largest absolute Gasteiger partial charge is 0.464 e. The van der Waals surface area contributed by atoms with Crippen molar-refractivity contribution in [1.82, 2.24) is 9.88 Å². The fourth-order valence-electron chi connectivity index (χ4n) is 3.10. The van der Waals surface area contributed by atoms with Crippen LogP contribution in [0.25, 0.3) is 0 Å². The van der Waals surface area contributed by atoms with Crippen molar-refractivity contribution in [3.05, 3.63) is 47.5 Å². The number of halogens is 3. The van der Waals surface area contributed by atoms with Crippen molar-refractivity contribution in [3.8, 4) is 0 Å². The number of alkyl halides is 3. The monoisotopic (exact) mass is 367 g/mol. The smallest absolute Gasteiger partial charge is 0.417 e. The first kappa shape index (κ1) is 18.3. The summed E-state index contributed by atoms with van der Waals surface area (Å²) in [6, 6.07) is 6.06. The van der Waals surface area contributed by atoms with Crippen molar-refractivity contribution in [1.29, 1.82) is 0 Å². The van der Waals surface area contributed by atoms with Crippen molar-refractivity contribution in [3.63, 3.8) is 0 Å². The van der Waals surface area contributed by atoms with E-state index in [0.717, 1.165) is 23.8 Å². The molecule has 1 saturated heterocycles. The van der Waals surface area contributed by atoms with E-state index in [1.807, 2.05) is 24.0 Å². The summed E-state index contributed by atoms with van der Waals surface area (Å²) in [7, 11) is 1.72. The number of carbonyl (C=O) groups excluding carboxylic acids is 1. The molecule has 3 rings (SSSR count). The molecule has 0 spiro atoms. The summed E-state index contributed by atoms with van der Waals surface area (Å²) in [6.07, 6.45) is -2.93. The lowest BCUT2D eigenvalue weighted by Crippen LogP contribution is -2.34. The summed E-state index contributed by atoms with van der Waals surface area (Å²) >= 11 is 0. The third-order valence-corrected chi connectivity index (χ3v) is 4.50. The number of nitrogens with zero attached hydrogens (tertiary/aromatic N) is 3. The molecule has 26 heavy (non-hydrogen) atoms. The summed E-state index contributed by atoms with van der Waals surface area (Å²) in [6.45, 7) is 3.26. The molecule has 1 unspecified atom stereocenters. The van der Waals surface area contributed by atoms with Gasteiger partial charge in [0.15, 0.2) is 0 Å². The van der Waals surface area contributed by atoms with Crippen LogP contribution >= 0.6 is 0 Å². The van der Waals surface area contributed by atoms with Crippen LogP contribution in [0.1, 0.15) is 23.5 Å². The topological polar surface area (TPSA) is 49.6 Å². The van der Waals surface area contributed by atoms with E-state index in [9.17, 15) is 18.0 Å². The summed E-state index contributed by atoms with van der Waals surface area (Å²) in [5.41, 5.74) is -0.776. The number of aromatic nitrogens is 1. The van der Waals surface area contributed by atoms with Gasteiger partial charge in [0.1, 0.15) is 17.3 Å². The van der Waals surface area contributed by atoms with Gasteiger partial charge in [-0.1, -0.05) is 0 Å². The third kappa shape index (κ3) is 4.00. The molecule has 8 heteroatoms. The van der Waals surface area contributed by atoms with E-state index in [2.05, 4.69) is 4.98 Å². The van der Waals surface area contributed by atoms with Crippen LogP contribution in [-0.4, -0.2) is 35.9 Å². The minimum atomic E-state index is -4.40. The second-order valence-electron chi connectivity index (χ2n) is 6.54. The Morgan fingerprint density at radius 2 is 2.12 bits per heavy atom. The third-order valence-electron chi connectivity index (χ3n) is 4.50. The predicted molar refractivity (Wildman–Crippen MR) is 89.5 cm³/mol. The summed E-state index contributed by atoms with van der Waals surface area (Å²) in [5, 5.41) is 0. The maximum Gasteiger partial charge on any atom is 0.417 e. The zero-order valence-corrected chi connectivity index (χ0v) is 14.6. The number of hydrogen-bond acceptors (Lipinski definition) is 4. The Morgan fingerprint density at radius 1 is 1.35 bits per heavy atom. The van der Waals surface area contributed by atoms with E-state index in [1.54, 1.807) is 11.9 Å². The quantitative estimate of drug-likeness (QED) is 0.830. The highest BCUT2D eigenvalue weighted by Crippen LogP contribution is 2.30. The molecule has 1 atom stereocenters. The molecule has 0 aliphatic carbocycles. The van der Waals surface area contributed by atoms with E-state index in [-0.39, 0.29) is 11.8 Å². The molecule has 0 N–H and O–H groups in total. The zero-order chi connectivity index (χ0) is 18.9. The summed E-state index contributed by atoms with van der Waals surface area (Å²) in [4.78, 5) is 20.0. The van der Waals surface area contributed by atoms with Gasteiger partial charge < -0.3 is 14.2 Å². The first-order chi connectivity index (χ1) is 12.2. The van der Waals surface area contributed by atoms with Gasteiger partial charge in [-0.2, -0.15) is 13.2 Å². The number of furan rings is 1. The number of amides is 1. The number of anilines is 1. The fraction of sp³-hybridized carbons (Fsp3) is 0.444. The lowest BCUT2D eigenvalue weighted by molar-refractivity contribution is -0.137. The van der Waals surface area contributed by atoms with Crippen LogP contribution in [0.3, 0.4) is 0 Å². The molecule has 1 aliphatic rings. The highest BCUT2D eigenvalue weighted by molar-refractivity contribution is 5.80. The highest BCUT2D eigenvalue weighted by Gasteiger charge is 2.33. The average molecular weight is 367 g/mol. The van der Waals surface area contributed by atoms with Crippen molar-refractivity contribution >= 4 is 11.7 Å². The van der Waals surface area contributed by atoms with E-state index < -0.39 is 11.7 Å². The number of hydrogen-bond donors (Lipinski definition) is 0. The van der Waals surface area contributed by atoms with Crippen LogP contribution in [0.2, 0.25) is 0 Å². The fourth-order valence-corrected chi connectivity index (χ4v) is 3.10. The number of carbonyl (C=O) groups is 1. The standard InChI is InChI=1S/C18H20F3N3O2/c1-12-3-5-15(26-12)11-23(2)17(25)13-7-8-24(10-13)16-6-4-14(9-22-16)18(19,20)21/h3-6,9,13H,7-8,10-11H2,1-2H3. The maximum atomic E-state index is 12.6. The molecule has 5 nitrogen and oxygen atoms in total. The molecular weight excluding hydrogens is 347 g/mol. The number of pyridine rings is 1. The van der Waals surface area contributed by atoms with E-state index in [4.69, 9.17) is 4.42 Å². The minimum absolute atomic E-state index is 0.00605. The van der Waals surface area contributed by atoms with Gasteiger partial charge in [-0.25, -0.2) is 4.98 Å². The first-order valence-corrected chi connectivity index (χ1v) is 8.32. The predicted octanol–water partition coefficient (Wildman–Crippen LogP) is 3.49. The second-order valence-corrected chi connectivity index (χ2v) is 6.54. The Morgan fingerprint density at radius 3 is 2.69 bits per heavy atom. The molecule has 0 bridgehead atoms. The lowest BCUT2D eigenvalue weighted by atomic mass is 10.1. The van der Waals surface area contributed by atoms with Crippen molar-refractivity contribution in [2.75, 3.05) is 25.0 Å². The zero-order valence-electron chi connectivity index (χ0n) is 14.6. The molecule has 2 aromatic rings. The van der Waals surface area contributed by atoms with Crippen LogP contribution in [-0.2, 0) is 17.5 Å². The summed E-state index contributed by atoms with van der Waals surface area (Å²) in [5.74, 6) is 1.75. The average Bonchev–Trinajstić information content (AvgIpc) is 3.23. The van der Waals surface area contributed by atoms with Gasteiger partial charge in [-0.05, 0) is 37.6 Å². The van der Waals surface area contributed by atoms with Gasteiger partial charge in [0, 0.05) is 26.3 Å². The second kappa shape index (κ2) is 7.01. The highest BCUT2D eigenvalue weighted by atomic mass is 19.4. The molecule has 1 fully saturated rings. The van der Waals surface area contributed by atoms with Crippen LogP contribution in [0.15, 0.2) is 34.9 Å². The first-order valence-electron chi connectivity index (χ1n) is 8.32. The van der Waals surface area contributed by atoms with E-state index in [1.165, 1.54) is 6.07 Å². The van der Waals surface area contributed by atoms with Crippen LogP contribution in [0.5, 0.6) is 0 Å². The van der Waals surface area contributed by atoms with Gasteiger partial charge >= 0.3 is 6.18 Å². The Hall–Kier alpha value is -2.51. The number of aryl methyl sites for hydroxylation is 1. The van der Waals surface area contributed by atoms with E-state index >= 15 is 0 Å². The van der Waals surface area contributed by atoms with Crippen molar-refractivity contribution in [2.45, 2.75) is 26.1 Å². The number of rotatable bonds is 4. The Balaban J connectivity index is 1.60. The summed E-state index contributed by atoms with van der Waals surface area (Å²) < 4.78 is 43.4. The van der Waals surface area contributed by atoms with Crippen molar-refractivity contribution < 1.29 is 22.4 Å². The molecule has 1 amide bonds. The van der Waals surface area contributed by atoms with Crippen molar-refractivity contribution in [2.24, 2.45) is 5.92 Å². The molecule has 1 aliphatic heterocycles. The molecule has 0 aromatic carbocycles. The van der Waals surface area contributed by atoms with Crippen LogP contribution in [0.4, 0.5) is 19.0 Å². The van der Waals surface area contributed by atoms with Gasteiger partial charge in [-0.15, -0.1) is 0 Å². The Kier molecular flexibility index (Phi) is 4.93. The Labute approximate surface area is 149 Å². The SMILES string of the molecule is Cc1ccc(CN(C)C(=O)C2CCN(c3ccc(C(F)(F)F)cn3)C2)o1. The van der Waals surface area contributed by atoms with Gasteiger partial charge in [0.2, 0.25) is 5.91 Å². The molecule has 2 aromatic heterocycles. The van der Waals surface area contributed by atoms with Gasteiger partial charge in [-0.3, -0.25) is 4.79 Å². The van der Waals surface area contributed by atoms with Crippen LogP contribution in [0, 0.1) is 12.8 Å². The maximum absolute atomic E-state index is 12.6. The van der Waals surface area contributed by atoms with Gasteiger partial charge in [0.25, 0.3) is 0 Å². The lowest BCUT2D eigenvalue weighted by Gasteiger charge is -2.21. The molecule has 0 radical (unpaired) electrons.